The van der Waals surface area contributed by atoms with E-state index in [-0.39, 0.29) is 0 Å². The summed E-state index contributed by atoms with van der Waals surface area (Å²) in [5.41, 5.74) is 0. The van der Waals surface area contributed by atoms with E-state index in [0.29, 0.717) is 6.42 Å². The highest BCUT2D eigenvalue weighted by molar-refractivity contribution is 5.48. The van der Waals surface area contributed by atoms with Crippen molar-refractivity contribution in [2.45, 2.75) is 13.3 Å². The van der Waals surface area contributed by atoms with E-state index in [0.717, 1.165) is 6.29 Å². The smallest absolute Gasteiger partial charge is 0.119 e. The van der Waals surface area contributed by atoms with E-state index >= 15 is 0 Å². The normalized spacial score (nSPS) is 6.88. The molecule has 0 bridgehead atoms. The first-order valence-corrected chi connectivity index (χ1v) is 2.33. The van der Waals surface area contributed by atoms with Crippen molar-refractivity contribution in [1.29, 1.82) is 0 Å². The summed E-state index contributed by atoms with van der Waals surface area (Å²) in [6.45, 7) is 1.81. The van der Waals surface area contributed by atoms with Crippen LogP contribution in [0.5, 0.6) is 0 Å². The second-order valence-corrected chi connectivity index (χ2v) is 0.908. The first kappa shape index (κ1) is 10.5. The van der Waals surface area contributed by atoms with Gasteiger partial charge in [-0.3, -0.25) is 0 Å². The van der Waals surface area contributed by atoms with Gasteiger partial charge in [-0.25, -0.2) is 9.78 Å². The molecule has 3 nitrogen and oxygen atoms in total. The van der Waals surface area contributed by atoms with E-state index < -0.39 is 0 Å². The SMILES string of the molecule is CCC=O.COOC. The van der Waals surface area contributed by atoms with Crippen LogP contribution in [0.4, 0.5) is 0 Å². The van der Waals surface area contributed by atoms with Gasteiger partial charge in [-0.1, -0.05) is 6.92 Å². The van der Waals surface area contributed by atoms with Crippen LogP contribution in [0.2, 0.25) is 0 Å². The van der Waals surface area contributed by atoms with Crippen LogP contribution in [0.25, 0.3) is 0 Å². The molecule has 0 N–H and O–H groups in total. The Morgan fingerprint density at radius 1 is 1.38 bits per heavy atom. The van der Waals surface area contributed by atoms with Gasteiger partial charge in [0.2, 0.25) is 0 Å². The minimum Gasteiger partial charge on any atom is -0.303 e. The number of carbonyl (C=O) groups excluding carboxylic acids is 1. The second kappa shape index (κ2) is 16.0. The fourth-order valence-electron chi connectivity index (χ4n) is 0. The van der Waals surface area contributed by atoms with Crippen molar-refractivity contribution in [2.75, 3.05) is 14.2 Å². The third-order valence-corrected chi connectivity index (χ3v) is 0.333. The molecule has 0 radical (unpaired) electrons. The molecule has 0 saturated heterocycles. The standard InChI is InChI=1S/C3H6O.C2H6O2/c1-2-3-4;1-3-4-2/h3H,2H2,1H3;1-2H3. The van der Waals surface area contributed by atoms with Crippen molar-refractivity contribution in [3.05, 3.63) is 0 Å². The summed E-state index contributed by atoms with van der Waals surface area (Å²) in [5, 5.41) is 0. The zero-order valence-corrected chi connectivity index (χ0v) is 5.51. The molecule has 0 aliphatic carbocycles. The molecule has 0 heterocycles. The lowest BCUT2D eigenvalue weighted by atomic mass is 10.6. The molecule has 0 aliphatic heterocycles. The van der Waals surface area contributed by atoms with Gasteiger partial charge in [-0.05, 0) is 0 Å². The van der Waals surface area contributed by atoms with Crippen molar-refractivity contribution in [3.63, 3.8) is 0 Å². The first-order chi connectivity index (χ1) is 3.83. The van der Waals surface area contributed by atoms with E-state index in [9.17, 15) is 4.79 Å². The molecule has 3 heteroatoms. The minimum atomic E-state index is 0.639. The van der Waals surface area contributed by atoms with Crippen LogP contribution in [0.15, 0.2) is 0 Å². The summed E-state index contributed by atoms with van der Waals surface area (Å²) >= 11 is 0. The van der Waals surface area contributed by atoms with Crippen LogP contribution < -0.4 is 0 Å². The topological polar surface area (TPSA) is 35.5 Å². The Bertz CT molecular complexity index is 34.7. The van der Waals surface area contributed by atoms with Gasteiger partial charge in [0, 0.05) is 6.42 Å². The fourth-order valence-corrected chi connectivity index (χ4v) is 0. The highest BCUT2D eigenvalue weighted by atomic mass is 17.2. The Balaban J connectivity index is 0. The molecule has 0 aromatic rings. The van der Waals surface area contributed by atoms with Gasteiger partial charge in [0.25, 0.3) is 0 Å². The average molecular weight is 120 g/mol. The van der Waals surface area contributed by atoms with E-state index in [4.69, 9.17) is 0 Å². The van der Waals surface area contributed by atoms with Gasteiger partial charge in [0.15, 0.2) is 0 Å². The zero-order chi connectivity index (χ0) is 6.83. The summed E-state index contributed by atoms with van der Waals surface area (Å²) in [6, 6.07) is 0. The lowest BCUT2D eigenvalue weighted by molar-refractivity contribution is -0.248. The Morgan fingerprint density at radius 2 is 1.62 bits per heavy atom. The van der Waals surface area contributed by atoms with Crippen LogP contribution in [-0.4, -0.2) is 20.5 Å². The van der Waals surface area contributed by atoms with Crippen molar-refractivity contribution in [3.8, 4) is 0 Å². The van der Waals surface area contributed by atoms with Crippen LogP contribution >= 0.6 is 0 Å². The Kier molecular flexibility index (Phi) is 21.1. The average Bonchev–Trinajstić information content (AvgIpc) is 1.88. The highest BCUT2D eigenvalue weighted by Gasteiger charge is 1.52. The third kappa shape index (κ3) is 46.6. The summed E-state index contributed by atoms with van der Waals surface area (Å²) < 4.78 is 0. The summed E-state index contributed by atoms with van der Waals surface area (Å²) in [5.74, 6) is 0. The van der Waals surface area contributed by atoms with Gasteiger partial charge in [-0.15, -0.1) is 0 Å². The van der Waals surface area contributed by atoms with Crippen LogP contribution in [-0.2, 0) is 14.6 Å². The van der Waals surface area contributed by atoms with Crippen molar-refractivity contribution >= 4 is 6.29 Å². The van der Waals surface area contributed by atoms with Gasteiger partial charge in [0.1, 0.15) is 6.29 Å². The van der Waals surface area contributed by atoms with E-state index in [1.807, 2.05) is 6.92 Å². The maximum atomic E-state index is 9.17. The summed E-state index contributed by atoms with van der Waals surface area (Å²) in [7, 11) is 2.92. The number of aldehydes is 1. The molecular weight excluding hydrogens is 108 g/mol. The van der Waals surface area contributed by atoms with Gasteiger partial charge < -0.3 is 4.79 Å². The Labute approximate surface area is 49.5 Å². The van der Waals surface area contributed by atoms with Gasteiger partial charge in [0.05, 0.1) is 14.2 Å². The van der Waals surface area contributed by atoms with E-state index in [2.05, 4.69) is 9.78 Å². The largest absolute Gasteiger partial charge is 0.303 e. The number of hydrogen-bond donors (Lipinski definition) is 0. The molecule has 0 fully saturated rings. The molecule has 0 unspecified atom stereocenters. The maximum absolute atomic E-state index is 9.17. The van der Waals surface area contributed by atoms with Crippen molar-refractivity contribution in [2.24, 2.45) is 0 Å². The highest BCUT2D eigenvalue weighted by Crippen LogP contribution is 1.53. The van der Waals surface area contributed by atoms with Gasteiger partial charge >= 0.3 is 0 Å². The molecule has 8 heavy (non-hydrogen) atoms. The molecule has 0 aromatic carbocycles. The lowest BCUT2D eigenvalue weighted by Gasteiger charge is -1.78. The lowest BCUT2D eigenvalue weighted by Crippen LogP contribution is -1.72. The summed E-state index contributed by atoms with van der Waals surface area (Å²) in [6.07, 6.45) is 1.51. The number of hydrogen-bond acceptors (Lipinski definition) is 3. The van der Waals surface area contributed by atoms with E-state index in [1.165, 1.54) is 14.2 Å². The monoisotopic (exact) mass is 120 g/mol. The quantitative estimate of drug-likeness (QED) is 0.307. The minimum absolute atomic E-state index is 0.639. The molecule has 0 spiro atoms. The Morgan fingerprint density at radius 3 is 1.62 bits per heavy atom. The van der Waals surface area contributed by atoms with E-state index in [1.54, 1.807) is 0 Å². The third-order valence-electron chi connectivity index (χ3n) is 0.333. The van der Waals surface area contributed by atoms with Crippen LogP contribution in [0.3, 0.4) is 0 Å². The predicted molar refractivity (Wildman–Crippen MR) is 30.4 cm³/mol. The number of rotatable bonds is 2. The molecule has 0 rings (SSSR count). The zero-order valence-electron chi connectivity index (χ0n) is 5.51. The fraction of sp³-hybridized carbons (Fsp3) is 0.800. The van der Waals surface area contributed by atoms with Crippen LogP contribution in [0, 0.1) is 0 Å². The molecule has 0 saturated carbocycles. The summed E-state index contributed by atoms with van der Waals surface area (Å²) in [4.78, 5) is 17.3. The van der Waals surface area contributed by atoms with Crippen molar-refractivity contribution < 1.29 is 14.6 Å². The van der Waals surface area contributed by atoms with Crippen LogP contribution in [0.1, 0.15) is 13.3 Å². The second-order valence-electron chi connectivity index (χ2n) is 0.908. The van der Waals surface area contributed by atoms with Gasteiger partial charge in [-0.2, -0.15) is 0 Å². The maximum Gasteiger partial charge on any atom is 0.119 e. The molecule has 0 amide bonds. The van der Waals surface area contributed by atoms with Crippen molar-refractivity contribution in [1.82, 2.24) is 0 Å². The molecule has 50 valence electrons. The number of carbonyl (C=O) groups is 1. The molecular formula is C5H12O3. The molecule has 0 aromatic heterocycles. The first-order valence-electron chi connectivity index (χ1n) is 2.33. The molecule has 0 atom stereocenters. The molecule has 0 aliphatic rings. The predicted octanol–water partition coefficient (Wildman–Crippen LogP) is 0.789. The Hall–Kier alpha value is -0.410.